The zero-order chi connectivity index (χ0) is 14.3. The minimum absolute atomic E-state index is 0.279. The Balaban J connectivity index is 2.08. The summed E-state index contributed by atoms with van der Waals surface area (Å²) in [6, 6.07) is 13.6. The lowest BCUT2D eigenvalue weighted by molar-refractivity contribution is 0.523. The van der Waals surface area contributed by atoms with Crippen LogP contribution < -0.4 is 5.73 Å². The van der Waals surface area contributed by atoms with Gasteiger partial charge in [0.2, 0.25) is 0 Å². The predicted octanol–water partition coefficient (Wildman–Crippen LogP) is 4.75. The van der Waals surface area contributed by atoms with Crippen LogP contribution in [0.4, 0.5) is 0 Å². The average molecular weight is 286 g/mol. The number of halogens is 1. The Bertz CT molecular complexity index is 776. The lowest BCUT2D eigenvalue weighted by Crippen LogP contribution is -2.12. The van der Waals surface area contributed by atoms with E-state index in [0.717, 1.165) is 38.4 Å². The quantitative estimate of drug-likeness (QED) is 0.738. The van der Waals surface area contributed by atoms with E-state index in [1.165, 1.54) is 0 Å². The molecule has 0 aliphatic carbocycles. The first-order valence-electron chi connectivity index (χ1n) is 6.57. The van der Waals surface area contributed by atoms with E-state index in [1.54, 1.807) is 0 Å². The SMILES string of the molecule is Cc1cc(Cl)ccc1C(N)c1cc2cccc(C)c2o1. The molecule has 3 rings (SSSR count). The largest absolute Gasteiger partial charge is 0.459 e. The summed E-state index contributed by atoms with van der Waals surface area (Å²) in [4.78, 5) is 0. The number of benzene rings is 2. The standard InChI is InChI=1S/C17H16ClNO/c1-10-4-3-5-12-9-15(20-17(10)12)16(19)14-7-6-13(18)8-11(14)2/h3-9,16H,19H2,1-2H3. The predicted molar refractivity (Wildman–Crippen MR) is 83.2 cm³/mol. The number of fused-ring (bicyclic) bond motifs is 1. The fourth-order valence-corrected chi connectivity index (χ4v) is 2.75. The van der Waals surface area contributed by atoms with Gasteiger partial charge in [-0.25, -0.2) is 0 Å². The van der Waals surface area contributed by atoms with Gasteiger partial charge in [-0.15, -0.1) is 0 Å². The topological polar surface area (TPSA) is 39.2 Å². The minimum Gasteiger partial charge on any atom is -0.459 e. The molecule has 0 aliphatic heterocycles. The van der Waals surface area contributed by atoms with Crippen molar-refractivity contribution >= 4 is 22.6 Å². The Hall–Kier alpha value is -1.77. The van der Waals surface area contributed by atoms with Crippen molar-refractivity contribution in [3.63, 3.8) is 0 Å². The number of hydrogen-bond acceptors (Lipinski definition) is 2. The molecular formula is C17H16ClNO. The Labute approximate surface area is 123 Å². The van der Waals surface area contributed by atoms with Crippen LogP contribution in [0.3, 0.4) is 0 Å². The summed E-state index contributed by atoms with van der Waals surface area (Å²) >= 11 is 5.99. The van der Waals surface area contributed by atoms with E-state index in [4.69, 9.17) is 21.8 Å². The number of para-hydroxylation sites is 1. The van der Waals surface area contributed by atoms with Crippen molar-refractivity contribution in [1.29, 1.82) is 0 Å². The van der Waals surface area contributed by atoms with Gasteiger partial charge in [0, 0.05) is 10.4 Å². The van der Waals surface area contributed by atoms with Crippen LogP contribution in [0.1, 0.15) is 28.5 Å². The first-order valence-corrected chi connectivity index (χ1v) is 6.95. The summed E-state index contributed by atoms with van der Waals surface area (Å²) in [5, 5.41) is 1.81. The third-order valence-electron chi connectivity index (χ3n) is 3.63. The van der Waals surface area contributed by atoms with Gasteiger partial charge in [-0.05, 0) is 48.7 Å². The number of furan rings is 1. The molecule has 0 radical (unpaired) electrons. The van der Waals surface area contributed by atoms with Crippen molar-refractivity contribution in [3.8, 4) is 0 Å². The van der Waals surface area contributed by atoms with Gasteiger partial charge in [-0.2, -0.15) is 0 Å². The van der Waals surface area contributed by atoms with Gasteiger partial charge in [0.25, 0.3) is 0 Å². The van der Waals surface area contributed by atoms with E-state index in [9.17, 15) is 0 Å². The molecule has 0 saturated heterocycles. The van der Waals surface area contributed by atoms with E-state index >= 15 is 0 Å². The zero-order valence-corrected chi connectivity index (χ0v) is 12.2. The lowest BCUT2D eigenvalue weighted by Gasteiger charge is -2.12. The molecule has 20 heavy (non-hydrogen) atoms. The summed E-state index contributed by atoms with van der Waals surface area (Å²) < 4.78 is 5.94. The Kier molecular flexibility index (Phi) is 3.28. The normalized spacial score (nSPS) is 12.8. The molecule has 1 heterocycles. The highest BCUT2D eigenvalue weighted by molar-refractivity contribution is 6.30. The van der Waals surface area contributed by atoms with Crippen molar-refractivity contribution < 1.29 is 4.42 Å². The summed E-state index contributed by atoms with van der Waals surface area (Å²) in [5.41, 5.74) is 10.5. The molecule has 3 heteroatoms. The molecule has 0 aliphatic rings. The van der Waals surface area contributed by atoms with Crippen LogP contribution in [0.2, 0.25) is 5.02 Å². The molecule has 0 spiro atoms. The van der Waals surface area contributed by atoms with Gasteiger partial charge in [0.05, 0.1) is 6.04 Å². The second-order valence-electron chi connectivity index (χ2n) is 5.12. The van der Waals surface area contributed by atoms with Crippen LogP contribution in [0.5, 0.6) is 0 Å². The number of nitrogens with two attached hydrogens (primary N) is 1. The van der Waals surface area contributed by atoms with E-state index in [0.29, 0.717) is 0 Å². The maximum Gasteiger partial charge on any atom is 0.137 e. The number of aryl methyl sites for hydroxylation is 2. The van der Waals surface area contributed by atoms with E-state index in [-0.39, 0.29) is 6.04 Å². The number of rotatable bonds is 2. The van der Waals surface area contributed by atoms with Gasteiger partial charge < -0.3 is 10.2 Å². The Morgan fingerprint density at radius 3 is 2.55 bits per heavy atom. The van der Waals surface area contributed by atoms with Crippen LogP contribution in [0, 0.1) is 13.8 Å². The van der Waals surface area contributed by atoms with Crippen LogP contribution in [-0.2, 0) is 0 Å². The van der Waals surface area contributed by atoms with Crippen LogP contribution in [-0.4, -0.2) is 0 Å². The van der Waals surface area contributed by atoms with Gasteiger partial charge >= 0.3 is 0 Å². The monoisotopic (exact) mass is 285 g/mol. The van der Waals surface area contributed by atoms with Gasteiger partial charge in [-0.1, -0.05) is 35.9 Å². The molecule has 0 bridgehead atoms. The molecule has 2 nitrogen and oxygen atoms in total. The highest BCUT2D eigenvalue weighted by Crippen LogP contribution is 2.30. The molecule has 0 fully saturated rings. The van der Waals surface area contributed by atoms with Gasteiger partial charge in [0.1, 0.15) is 11.3 Å². The minimum atomic E-state index is -0.279. The van der Waals surface area contributed by atoms with Gasteiger partial charge in [-0.3, -0.25) is 0 Å². The second-order valence-corrected chi connectivity index (χ2v) is 5.56. The smallest absolute Gasteiger partial charge is 0.137 e. The van der Waals surface area contributed by atoms with Gasteiger partial charge in [0.15, 0.2) is 0 Å². The molecule has 0 amide bonds. The third-order valence-corrected chi connectivity index (χ3v) is 3.87. The summed E-state index contributed by atoms with van der Waals surface area (Å²) in [7, 11) is 0. The van der Waals surface area contributed by atoms with Crippen molar-refractivity contribution in [3.05, 3.63) is 69.9 Å². The maximum absolute atomic E-state index is 6.34. The van der Waals surface area contributed by atoms with Crippen molar-refractivity contribution in [2.24, 2.45) is 5.73 Å². The first-order chi connectivity index (χ1) is 9.56. The molecule has 1 unspecified atom stereocenters. The van der Waals surface area contributed by atoms with Crippen molar-refractivity contribution in [2.45, 2.75) is 19.9 Å². The summed E-state index contributed by atoms with van der Waals surface area (Å²) in [6.45, 7) is 4.05. The highest BCUT2D eigenvalue weighted by atomic mass is 35.5. The van der Waals surface area contributed by atoms with E-state index in [2.05, 4.69) is 0 Å². The Morgan fingerprint density at radius 1 is 1.05 bits per heavy atom. The second kappa shape index (κ2) is 4.97. The van der Waals surface area contributed by atoms with Crippen molar-refractivity contribution in [2.75, 3.05) is 0 Å². The number of hydrogen-bond donors (Lipinski definition) is 1. The van der Waals surface area contributed by atoms with E-state index in [1.807, 2.05) is 56.3 Å². The van der Waals surface area contributed by atoms with Crippen LogP contribution in [0.15, 0.2) is 46.9 Å². The lowest BCUT2D eigenvalue weighted by atomic mass is 10.00. The van der Waals surface area contributed by atoms with Crippen molar-refractivity contribution in [1.82, 2.24) is 0 Å². The fraction of sp³-hybridized carbons (Fsp3) is 0.176. The summed E-state index contributed by atoms with van der Waals surface area (Å²) in [6.07, 6.45) is 0. The Morgan fingerprint density at radius 2 is 1.85 bits per heavy atom. The average Bonchev–Trinajstić information content (AvgIpc) is 2.83. The molecule has 1 aromatic heterocycles. The molecule has 2 N–H and O–H groups in total. The highest BCUT2D eigenvalue weighted by Gasteiger charge is 2.16. The van der Waals surface area contributed by atoms with E-state index < -0.39 is 0 Å². The fourth-order valence-electron chi connectivity index (χ4n) is 2.52. The zero-order valence-electron chi connectivity index (χ0n) is 11.5. The molecule has 1 atom stereocenters. The third kappa shape index (κ3) is 2.21. The first kappa shape index (κ1) is 13.2. The maximum atomic E-state index is 6.34. The molecule has 102 valence electrons. The van der Waals surface area contributed by atoms with Crippen LogP contribution in [0.25, 0.3) is 11.0 Å². The molecule has 0 saturated carbocycles. The molecule has 2 aromatic carbocycles. The molecule has 3 aromatic rings. The molecular weight excluding hydrogens is 270 g/mol. The van der Waals surface area contributed by atoms with Crippen LogP contribution >= 0.6 is 11.6 Å². The summed E-state index contributed by atoms with van der Waals surface area (Å²) in [5.74, 6) is 0.778.